The Hall–Kier alpha value is -2.97. The minimum absolute atomic E-state index is 0.0551. The Morgan fingerprint density at radius 1 is 1.23 bits per heavy atom. The highest BCUT2D eigenvalue weighted by atomic mass is 16.5. The van der Waals surface area contributed by atoms with Gasteiger partial charge in [0.2, 0.25) is 5.91 Å². The average molecular weight is 409 g/mol. The Balaban J connectivity index is 1.35. The summed E-state index contributed by atoms with van der Waals surface area (Å²) in [5.74, 6) is 1.09. The molecule has 0 bridgehead atoms. The molecule has 1 aliphatic rings. The number of aryl methyl sites for hydroxylation is 1. The number of nitrogens with one attached hydrogen (secondary N) is 1. The Morgan fingerprint density at radius 3 is 2.73 bits per heavy atom. The molecule has 2 atom stereocenters. The van der Waals surface area contributed by atoms with Crippen LogP contribution in [0.3, 0.4) is 0 Å². The maximum atomic E-state index is 12.8. The number of nitrogens with zero attached hydrogens (tertiary/aromatic N) is 4. The van der Waals surface area contributed by atoms with E-state index in [0.29, 0.717) is 19.0 Å². The van der Waals surface area contributed by atoms with Gasteiger partial charge in [0, 0.05) is 20.1 Å². The fourth-order valence-corrected chi connectivity index (χ4v) is 4.17. The van der Waals surface area contributed by atoms with Crippen molar-refractivity contribution in [3.63, 3.8) is 0 Å². The molecule has 4 rings (SSSR count). The van der Waals surface area contributed by atoms with Crippen molar-refractivity contribution in [2.24, 2.45) is 13.0 Å². The number of amides is 1. The van der Waals surface area contributed by atoms with Crippen LogP contribution in [0.5, 0.6) is 5.75 Å². The molecule has 2 aromatic carbocycles. The molecular weight excluding hydrogens is 382 g/mol. The molecule has 1 fully saturated rings. The van der Waals surface area contributed by atoms with E-state index in [1.54, 1.807) is 11.8 Å². The molecule has 2 heterocycles. The zero-order valence-corrected chi connectivity index (χ0v) is 17.3. The zero-order chi connectivity index (χ0) is 21.1. The van der Waals surface area contributed by atoms with E-state index in [4.69, 9.17) is 4.74 Å². The van der Waals surface area contributed by atoms with Crippen LogP contribution in [0.25, 0.3) is 11.0 Å². The van der Waals surface area contributed by atoms with Gasteiger partial charge >= 0.3 is 0 Å². The molecule has 1 aromatic heterocycles. The Morgan fingerprint density at radius 2 is 2.00 bits per heavy atom. The van der Waals surface area contributed by atoms with Crippen molar-refractivity contribution < 1.29 is 14.6 Å². The molecule has 30 heavy (non-hydrogen) atoms. The standard InChI is InChI=1S/C22H27N5O3/c1-26-20-8-5-16(10-19(20)24-25-26)12-23-22(29)21-11-17(13-27(21)14-28)9-15-3-6-18(30-2)7-4-15/h3-8,10,17,21,28H,9,11-14H2,1-2H3,(H,23,29)/t17-,21+/m1/s1. The Bertz CT molecular complexity index is 1020. The van der Waals surface area contributed by atoms with E-state index < -0.39 is 0 Å². The van der Waals surface area contributed by atoms with Crippen LogP contribution in [0, 0.1) is 5.92 Å². The summed E-state index contributed by atoms with van der Waals surface area (Å²) in [7, 11) is 3.50. The predicted octanol–water partition coefficient (Wildman–Crippen LogP) is 1.48. The van der Waals surface area contributed by atoms with Crippen LogP contribution in [0.4, 0.5) is 0 Å². The van der Waals surface area contributed by atoms with Crippen LogP contribution in [0.2, 0.25) is 0 Å². The molecule has 0 aliphatic carbocycles. The lowest BCUT2D eigenvalue weighted by molar-refractivity contribution is -0.126. The summed E-state index contributed by atoms with van der Waals surface area (Å²) in [6.07, 6.45) is 1.59. The van der Waals surface area contributed by atoms with Crippen LogP contribution < -0.4 is 10.1 Å². The summed E-state index contributed by atoms with van der Waals surface area (Å²) in [5, 5.41) is 20.9. The highest BCUT2D eigenvalue weighted by Gasteiger charge is 2.36. The van der Waals surface area contributed by atoms with Gasteiger partial charge in [-0.05, 0) is 54.2 Å². The summed E-state index contributed by atoms with van der Waals surface area (Å²) in [5.41, 5.74) is 3.94. The van der Waals surface area contributed by atoms with E-state index in [9.17, 15) is 9.90 Å². The number of aliphatic hydroxyl groups is 1. The number of ether oxygens (including phenoxy) is 1. The molecule has 8 nitrogen and oxygen atoms in total. The first-order chi connectivity index (χ1) is 14.6. The third kappa shape index (κ3) is 4.29. The smallest absolute Gasteiger partial charge is 0.237 e. The SMILES string of the molecule is COc1ccc(C[C@@H]2C[C@@H](C(=O)NCc3ccc4c(c3)nnn4C)N(CO)C2)cc1. The molecule has 0 radical (unpaired) electrons. The van der Waals surface area contributed by atoms with Crippen molar-refractivity contribution in [2.75, 3.05) is 20.4 Å². The number of carbonyl (C=O) groups excluding carboxylic acids is 1. The second-order valence-corrected chi connectivity index (χ2v) is 7.84. The van der Waals surface area contributed by atoms with E-state index >= 15 is 0 Å². The minimum Gasteiger partial charge on any atom is -0.497 e. The molecule has 158 valence electrons. The molecule has 1 saturated heterocycles. The van der Waals surface area contributed by atoms with E-state index in [-0.39, 0.29) is 18.7 Å². The minimum atomic E-state index is -0.321. The second kappa shape index (κ2) is 8.81. The fraction of sp³-hybridized carbons (Fsp3) is 0.409. The van der Waals surface area contributed by atoms with Crippen molar-refractivity contribution in [1.29, 1.82) is 0 Å². The van der Waals surface area contributed by atoms with E-state index in [0.717, 1.165) is 35.2 Å². The third-order valence-electron chi connectivity index (χ3n) is 5.80. The van der Waals surface area contributed by atoms with Crippen LogP contribution in [-0.2, 0) is 24.8 Å². The molecule has 3 aromatic rings. The van der Waals surface area contributed by atoms with Crippen LogP contribution >= 0.6 is 0 Å². The lowest BCUT2D eigenvalue weighted by Gasteiger charge is -2.20. The molecule has 1 aliphatic heterocycles. The van der Waals surface area contributed by atoms with Gasteiger partial charge in [0.25, 0.3) is 0 Å². The van der Waals surface area contributed by atoms with Crippen molar-refractivity contribution in [2.45, 2.75) is 25.4 Å². The third-order valence-corrected chi connectivity index (χ3v) is 5.80. The number of rotatable bonds is 7. The number of aliphatic hydroxyl groups excluding tert-OH is 1. The topological polar surface area (TPSA) is 92.5 Å². The molecular formula is C22H27N5O3. The summed E-state index contributed by atoms with van der Waals surface area (Å²) in [4.78, 5) is 14.7. The van der Waals surface area contributed by atoms with Crippen molar-refractivity contribution in [1.82, 2.24) is 25.2 Å². The Kier molecular flexibility index (Phi) is 5.96. The summed E-state index contributed by atoms with van der Waals surface area (Å²) < 4.78 is 6.93. The highest BCUT2D eigenvalue weighted by Crippen LogP contribution is 2.27. The molecule has 0 unspecified atom stereocenters. The number of hydrogen-bond acceptors (Lipinski definition) is 6. The molecule has 8 heteroatoms. The van der Waals surface area contributed by atoms with Gasteiger partial charge in [-0.15, -0.1) is 5.10 Å². The first-order valence-electron chi connectivity index (χ1n) is 10.1. The van der Waals surface area contributed by atoms with Crippen LogP contribution in [-0.4, -0.2) is 57.3 Å². The zero-order valence-electron chi connectivity index (χ0n) is 17.3. The number of methoxy groups -OCH3 is 1. The number of carbonyl (C=O) groups is 1. The van der Waals surface area contributed by atoms with Gasteiger partial charge in [-0.2, -0.15) is 0 Å². The quantitative estimate of drug-likeness (QED) is 0.614. The van der Waals surface area contributed by atoms with Crippen LogP contribution in [0.1, 0.15) is 17.5 Å². The number of aromatic nitrogens is 3. The predicted molar refractivity (Wildman–Crippen MR) is 113 cm³/mol. The lowest BCUT2D eigenvalue weighted by Crippen LogP contribution is -2.43. The van der Waals surface area contributed by atoms with Gasteiger partial charge in [0.05, 0.1) is 25.4 Å². The first-order valence-corrected chi connectivity index (χ1v) is 10.1. The molecule has 0 spiro atoms. The maximum absolute atomic E-state index is 12.8. The first kappa shape index (κ1) is 20.3. The van der Waals surface area contributed by atoms with Gasteiger partial charge in [-0.3, -0.25) is 9.69 Å². The van der Waals surface area contributed by atoms with E-state index in [2.05, 4.69) is 27.8 Å². The Labute approximate surface area is 175 Å². The lowest BCUT2D eigenvalue weighted by atomic mass is 9.96. The molecule has 1 amide bonds. The average Bonchev–Trinajstić information content (AvgIpc) is 3.35. The van der Waals surface area contributed by atoms with Crippen LogP contribution in [0.15, 0.2) is 42.5 Å². The number of benzene rings is 2. The summed E-state index contributed by atoms with van der Waals surface area (Å²) in [6.45, 7) is 0.999. The second-order valence-electron chi connectivity index (χ2n) is 7.84. The van der Waals surface area contributed by atoms with Gasteiger partial charge in [-0.1, -0.05) is 23.4 Å². The summed E-state index contributed by atoms with van der Waals surface area (Å²) in [6, 6.07) is 13.6. The number of hydrogen-bond donors (Lipinski definition) is 2. The maximum Gasteiger partial charge on any atom is 0.237 e. The van der Waals surface area contributed by atoms with E-state index in [1.807, 2.05) is 42.3 Å². The van der Waals surface area contributed by atoms with Gasteiger partial charge in [-0.25, -0.2) is 4.68 Å². The molecule has 2 N–H and O–H groups in total. The number of fused-ring (bicyclic) bond motifs is 1. The van der Waals surface area contributed by atoms with Gasteiger partial charge < -0.3 is 15.2 Å². The highest BCUT2D eigenvalue weighted by molar-refractivity contribution is 5.82. The van der Waals surface area contributed by atoms with Gasteiger partial charge in [0.1, 0.15) is 11.3 Å². The monoisotopic (exact) mass is 409 g/mol. The van der Waals surface area contributed by atoms with Crippen molar-refractivity contribution in [3.05, 3.63) is 53.6 Å². The van der Waals surface area contributed by atoms with E-state index in [1.165, 1.54) is 5.56 Å². The largest absolute Gasteiger partial charge is 0.497 e. The fourth-order valence-electron chi connectivity index (χ4n) is 4.17. The van der Waals surface area contributed by atoms with Crippen molar-refractivity contribution >= 4 is 16.9 Å². The number of likely N-dealkylation sites (tertiary alicyclic amines) is 1. The molecule has 0 saturated carbocycles. The van der Waals surface area contributed by atoms with Gasteiger partial charge in [0.15, 0.2) is 0 Å². The normalized spacial score (nSPS) is 19.3. The van der Waals surface area contributed by atoms with Crippen molar-refractivity contribution in [3.8, 4) is 5.75 Å². The summed E-state index contributed by atoms with van der Waals surface area (Å²) >= 11 is 0.